The quantitative estimate of drug-likeness (QED) is 0.561. The molecule has 1 aliphatic heterocycles. The molecule has 1 amide bonds. The topological polar surface area (TPSA) is 76.1 Å². The first-order valence-corrected chi connectivity index (χ1v) is 9.54. The summed E-state index contributed by atoms with van der Waals surface area (Å²) in [5, 5.41) is 6.80. The van der Waals surface area contributed by atoms with Crippen molar-refractivity contribution >= 4 is 28.1 Å². The van der Waals surface area contributed by atoms with Crippen LogP contribution in [0.4, 0.5) is 13.9 Å². The summed E-state index contributed by atoms with van der Waals surface area (Å²) in [4.78, 5) is 18.8. The number of thiazole rings is 1. The first kappa shape index (κ1) is 20.2. The van der Waals surface area contributed by atoms with Crippen molar-refractivity contribution in [2.45, 2.75) is 20.0 Å². The number of hydrogen-bond donors (Lipinski definition) is 1. The Labute approximate surface area is 165 Å². The van der Waals surface area contributed by atoms with Crippen LogP contribution in [0, 0.1) is 0 Å². The molecule has 0 unspecified atom stereocenters. The fraction of sp³-hybridized carbons (Fsp3) is 0.389. The van der Waals surface area contributed by atoms with E-state index in [-0.39, 0.29) is 18.1 Å². The van der Waals surface area contributed by atoms with Gasteiger partial charge >= 0.3 is 6.61 Å². The summed E-state index contributed by atoms with van der Waals surface area (Å²) in [6, 6.07) is 6.03. The summed E-state index contributed by atoms with van der Waals surface area (Å²) < 4.78 is 34.0. The van der Waals surface area contributed by atoms with Crippen LogP contribution in [0.15, 0.2) is 34.7 Å². The molecule has 28 heavy (non-hydrogen) atoms. The van der Waals surface area contributed by atoms with Crippen molar-refractivity contribution in [1.29, 1.82) is 0 Å². The van der Waals surface area contributed by atoms with Gasteiger partial charge in [-0.1, -0.05) is 0 Å². The zero-order valence-corrected chi connectivity index (χ0v) is 16.0. The molecule has 1 saturated heterocycles. The van der Waals surface area contributed by atoms with Crippen molar-refractivity contribution in [3.05, 3.63) is 40.9 Å². The van der Waals surface area contributed by atoms with Crippen molar-refractivity contribution in [2.24, 2.45) is 5.10 Å². The second-order valence-electron chi connectivity index (χ2n) is 6.03. The molecule has 0 aliphatic carbocycles. The zero-order chi connectivity index (χ0) is 19.9. The molecular formula is C18H20F2N4O3S. The van der Waals surface area contributed by atoms with Gasteiger partial charge < -0.3 is 14.4 Å². The van der Waals surface area contributed by atoms with Gasteiger partial charge in [0, 0.05) is 18.5 Å². The number of halogens is 2. The third-order valence-electron chi connectivity index (χ3n) is 4.01. The molecule has 1 aromatic heterocycles. The number of ether oxygens (including phenoxy) is 2. The van der Waals surface area contributed by atoms with Crippen LogP contribution in [-0.4, -0.2) is 49.5 Å². The smallest absolute Gasteiger partial charge is 0.387 e. The van der Waals surface area contributed by atoms with E-state index in [1.807, 2.05) is 5.38 Å². The van der Waals surface area contributed by atoms with Crippen LogP contribution in [0.5, 0.6) is 5.75 Å². The van der Waals surface area contributed by atoms with Crippen molar-refractivity contribution in [1.82, 2.24) is 10.4 Å². The number of nitrogens with one attached hydrogen (secondary N) is 1. The Morgan fingerprint density at radius 1 is 1.36 bits per heavy atom. The average molecular weight is 410 g/mol. The summed E-state index contributed by atoms with van der Waals surface area (Å²) >= 11 is 1.50. The molecule has 10 heteroatoms. The number of morpholine rings is 1. The Hall–Kier alpha value is -2.59. The fourth-order valence-electron chi connectivity index (χ4n) is 2.57. The number of hydrazone groups is 1. The van der Waals surface area contributed by atoms with E-state index in [0.717, 1.165) is 18.2 Å². The lowest BCUT2D eigenvalue weighted by atomic mass is 10.1. The van der Waals surface area contributed by atoms with E-state index >= 15 is 0 Å². The number of amides is 1. The van der Waals surface area contributed by atoms with Gasteiger partial charge in [-0.05, 0) is 36.8 Å². The number of alkyl halides is 2. The van der Waals surface area contributed by atoms with Crippen LogP contribution in [0.1, 0.15) is 18.2 Å². The largest absolute Gasteiger partial charge is 0.435 e. The molecule has 0 atom stereocenters. The Morgan fingerprint density at radius 3 is 2.75 bits per heavy atom. The van der Waals surface area contributed by atoms with Gasteiger partial charge in [0.15, 0.2) is 5.13 Å². The highest BCUT2D eigenvalue weighted by Gasteiger charge is 2.15. The van der Waals surface area contributed by atoms with E-state index in [9.17, 15) is 13.6 Å². The number of nitrogens with zero attached hydrogens (tertiary/aromatic N) is 3. The van der Waals surface area contributed by atoms with Crippen LogP contribution in [0.2, 0.25) is 0 Å². The Kier molecular flexibility index (Phi) is 6.88. The summed E-state index contributed by atoms with van der Waals surface area (Å²) in [7, 11) is 0. The van der Waals surface area contributed by atoms with E-state index in [1.165, 1.54) is 23.5 Å². The van der Waals surface area contributed by atoms with E-state index in [1.54, 1.807) is 19.1 Å². The Bertz CT molecular complexity index is 820. The van der Waals surface area contributed by atoms with Crippen molar-refractivity contribution in [3.63, 3.8) is 0 Å². The number of hydrogen-bond acceptors (Lipinski definition) is 7. The van der Waals surface area contributed by atoms with Crippen LogP contribution < -0.4 is 15.1 Å². The molecule has 7 nitrogen and oxygen atoms in total. The Morgan fingerprint density at radius 2 is 2.07 bits per heavy atom. The predicted molar refractivity (Wildman–Crippen MR) is 102 cm³/mol. The lowest BCUT2D eigenvalue weighted by molar-refractivity contribution is -0.120. The molecule has 0 spiro atoms. The van der Waals surface area contributed by atoms with E-state index < -0.39 is 6.61 Å². The maximum absolute atomic E-state index is 12.2. The number of carbonyl (C=O) groups excluding carboxylic acids is 1. The van der Waals surface area contributed by atoms with Gasteiger partial charge in [0.05, 0.1) is 31.0 Å². The van der Waals surface area contributed by atoms with Gasteiger partial charge in [-0.15, -0.1) is 11.3 Å². The second kappa shape index (κ2) is 9.56. The van der Waals surface area contributed by atoms with E-state index in [4.69, 9.17) is 4.74 Å². The highest BCUT2D eigenvalue weighted by Crippen LogP contribution is 2.21. The molecule has 1 aliphatic rings. The summed E-state index contributed by atoms with van der Waals surface area (Å²) in [6.07, 6.45) is 0.124. The minimum absolute atomic E-state index is 0.0650. The normalized spacial score (nSPS) is 15.0. The monoisotopic (exact) mass is 410 g/mol. The van der Waals surface area contributed by atoms with Gasteiger partial charge in [-0.25, -0.2) is 10.4 Å². The zero-order valence-electron chi connectivity index (χ0n) is 15.2. The van der Waals surface area contributed by atoms with Crippen molar-refractivity contribution in [2.75, 3.05) is 31.2 Å². The highest BCUT2D eigenvalue weighted by molar-refractivity contribution is 7.13. The fourth-order valence-corrected chi connectivity index (χ4v) is 3.45. The van der Waals surface area contributed by atoms with Crippen LogP contribution in [0.25, 0.3) is 0 Å². The number of carbonyl (C=O) groups is 1. The molecule has 1 fully saturated rings. The average Bonchev–Trinajstić information content (AvgIpc) is 3.15. The summed E-state index contributed by atoms with van der Waals surface area (Å²) in [5.74, 6) is -0.217. The van der Waals surface area contributed by atoms with Crippen LogP contribution >= 0.6 is 11.3 Å². The van der Waals surface area contributed by atoms with Gasteiger partial charge in [-0.3, -0.25) is 4.79 Å². The maximum Gasteiger partial charge on any atom is 0.387 e. The second-order valence-corrected chi connectivity index (χ2v) is 6.87. The van der Waals surface area contributed by atoms with E-state index in [0.29, 0.717) is 30.2 Å². The molecule has 0 bridgehead atoms. The predicted octanol–water partition coefficient (Wildman–Crippen LogP) is 2.66. The van der Waals surface area contributed by atoms with Crippen LogP contribution in [-0.2, 0) is 16.0 Å². The van der Waals surface area contributed by atoms with Crippen LogP contribution in [0.3, 0.4) is 0 Å². The van der Waals surface area contributed by atoms with Gasteiger partial charge in [-0.2, -0.15) is 13.9 Å². The molecule has 0 radical (unpaired) electrons. The molecule has 2 aromatic rings. The number of aromatic nitrogens is 1. The molecule has 2 heterocycles. The van der Waals surface area contributed by atoms with Crippen molar-refractivity contribution in [3.8, 4) is 5.75 Å². The molecule has 1 N–H and O–H groups in total. The number of anilines is 1. The van der Waals surface area contributed by atoms with E-state index in [2.05, 4.69) is 25.1 Å². The molecule has 3 rings (SSSR count). The first-order chi connectivity index (χ1) is 13.5. The molecule has 1 aromatic carbocycles. The molecule has 0 saturated carbocycles. The Balaban J connectivity index is 1.52. The summed E-state index contributed by atoms with van der Waals surface area (Å²) in [5.41, 5.74) is 4.41. The maximum atomic E-state index is 12.2. The lowest BCUT2D eigenvalue weighted by Gasteiger charge is -2.26. The van der Waals surface area contributed by atoms with Gasteiger partial charge in [0.2, 0.25) is 5.91 Å². The number of rotatable bonds is 7. The van der Waals surface area contributed by atoms with Gasteiger partial charge in [0.25, 0.3) is 0 Å². The number of benzene rings is 1. The highest BCUT2D eigenvalue weighted by atomic mass is 32.1. The summed E-state index contributed by atoms with van der Waals surface area (Å²) in [6.45, 7) is 1.79. The lowest BCUT2D eigenvalue weighted by Crippen LogP contribution is -2.36. The molecule has 150 valence electrons. The minimum atomic E-state index is -2.87. The molecular weight excluding hydrogens is 390 g/mol. The minimum Gasteiger partial charge on any atom is -0.435 e. The third-order valence-corrected chi connectivity index (χ3v) is 4.96. The SMILES string of the molecule is C/C(=N\NC(=O)Cc1csc(N2CCOCC2)n1)c1ccc(OC(F)F)cc1. The van der Waals surface area contributed by atoms with Gasteiger partial charge in [0.1, 0.15) is 5.75 Å². The third kappa shape index (κ3) is 5.70. The van der Waals surface area contributed by atoms with Crippen molar-refractivity contribution < 1.29 is 23.0 Å². The first-order valence-electron chi connectivity index (χ1n) is 8.67. The standard InChI is InChI=1S/C18H20F2N4O3S/c1-12(13-2-4-15(5-3-13)27-17(19)20)22-23-16(25)10-14-11-28-18(21-14)24-6-8-26-9-7-24/h2-5,11,17H,6-10H2,1H3,(H,23,25)/b22-12+.